The zero-order valence-electron chi connectivity index (χ0n) is 15.3. The van der Waals surface area contributed by atoms with Gasteiger partial charge in [0.15, 0.2) is 16.6 Å². The predicted octanol–water partition coefficient (Wildman–Crippen LogP) is 3.03. The molecule has 0 spiro atoms. The van der Waals surface area contributed by atoms with Crippen LogP contribution in [0.1, 0.15) is 18.5 Å². The number of thiocarbonyl (C=S) groups is 1. The highest BCUT2D eigenvalue weighted by molar-refractivity contribution is 7.80. The number of nitrogens with zero attached hydrogens (tertiary/aromatic N) is 1. The molecular weight excluding hydrogens is 364 g/mol. The highest BCUT2D eigenvalue weighted by atomic mass is 32.1. The molecule has 0 aromatic heterocycles. The standard InChI is InChI=1S/C20H20N2O4S/c1-20-15(18(23)25-3)16(13-10-7-11-14(24-2)17(13)26-20)21-19(27)22(20)12-8-5-4-6-9-12/h4-11,15-16H,1-3H3,(H,21,27)/t15-,16-,20-/m0/s1. The van der Waals surface area contributed by atoms with E-state index in [4.69, 9.17) is 26.4 Å². The molecule has 2 bridgehead atoms. The van der Waals surface area contributed by atoms with Gasteiger partial charge in [-0.15, -0.1) is 0 Å². The van der Waals surface area contributed by atoms with Gasteiger partial charge in [-0.3, -0.25) is 9.69 Å². The maximum atomic E-state index is 12.8. The highest BCUT2D eigenvalue weighted by Crippen LogP contribution is 2.52. The average Bonchev–Trinajstić information content (AvgIpc) is 2.67. The summed E-state index contributed by atoms with van der Waals surface area (Å²) < 4.78 is 17.1. The van der Waals surface area contributed by atoms with Gasteiger partial charge in [-0.05, 0) is 37.3 Å². The summed E-state index contributed by atoms with van der Waals surface area (Å²) in [4.78, 5) is 14.6. The van der Waals surface area contributed by atoms with Crippen LogP contribution in [0.4, 0.5) is 5.69 Å². The Morgan fingerprint density at radius 1 is 1.19 bits per heavy atom. The SMILES string of the molecule is COC(=O)[C@@H]1[C@H]2NC(=S)N(c3ccccc3)[C@@]1(C)Oc1c(OC)cccc12. The summed E-state index contributed by atoms with van der Waals surface area (Å²) in [6.45, 7) is 1.86. The van der Waals surface area contributed by atoms with E-state index >= 15 is 0 Å². The van der Waals surface area contributed by atoms with E-state index in [1.54, 1.807) is 7.11 Å². The van der Waals surface area contributed by atoms with Crippen molar-refractivity contribution in [3.63, 3.8) is 0 Å². The van der Waals surface area contributed by atoms with Gasteiger partial charge < -0.3 is 19.5 Å². The van der Waals surface area contributed by atoms with E-state index in [-0.39, 0.29) is 12.0 Å². The van der Waals surface area contributed by atoms with Crippen LogP contribution in [0.5, 0.6) is 11.5 Å². The molecule has 2 aliphatic heterocycles. The van der Waals surface area contributed by atoms with Crippen molar-refractivity contribution in [3.8, 4) is 11.5 Å². The summed E-state index contributed by atoms with van der Waals surface area (Å²) in [6.07, 6.45) is 0. The number of esters is 1. The first-order chi connectivity index (χ1) is 13.0. The van der Waals surface area contributed by atoms with Crippen LogP contribution in [0.25, 0.3) is 0 Å². The van der Waals surface area contributed by atoms with Crippen molar-refractivity contribution in [3.05, 3.63) is 54.1 Å². The molecule has 1 N–H and O–H groups in total. The monoisotopic (exact) mass is 384 g/mol. The molecule has 0 amide bonds. The number of anilines is 1. The Balaban J connectivity index is 1.94. The lowest BCUT2D eigenvalue weighted by Gasteiger charge is -2.55. The molecule has 2 aromatic carbocycles. The van der Waals surface area contributed by atoms with Crippen molar-refractivity contribution in [2.24, 2.45) is 5.92 Å². The van der Waals surface area contributed by atoms with Crippen molar-refractivity contribution in [1.29, 1.82) is 0 Å². The summed E-state index contributed by atoms with van der Waals surface area (Å²) in [5.74, 6) is 0.208. The van der Waals surface area contributed by atoms with Crippen LogP contribution in [0.2, 0.25) is 0 Å². The quantitative estimate of drug-likeness (QED) is 0.645. The molecule has 1 fully saturated rings. The molecule has 6 nitrogen and oxygen atoms in total. The van der Waals surface area contributed by atoms with Crippen molar-refractivity contribution < 1.29 is 19.0 Å². The lowest BCUT2D eigenvalue weighted by atomic mass is 9.79. The maximum Gasteiger partial charge on any atom is 0.317 e. The van der Waals surface area contributed by atoms with Crippen LogP contribution < -0.4 is 19.7 Å². The molecule has 0 radical (unpaired) electrons. The Labute approximate surface area is 163 Å². The lowest BCUT2D eigenvalue weighted by molar-refractivity contribution is -0.157. The Bertz CT molecular complexity index is 904. The number of fused-ring (bicyclic) bond motifs is 4. The van der Waals surface area contributed by atoms with Crippen LogP contribution in [-0.4, -0.2) is 31.0 Å². The molecule has 0 unspecified atom stereocenters. The fourth-order valence-corrected chi connectivity index (χ4v) is 4.40. The van der Waals surface area contributed by atoms with E-state index in [1.165, 1.54) is 7.11 Å². The molecule has 0 saturated carbocycles. The van der Waals surface area contributed by atoms with Crippen molar-refractivity contribution >= 4 is 29.0 Å². The first-order valence-electron chi connectivity index (χ1n) is 8.60. The molecule has 7 heteroatoms. The van der Waals surface area contributed by atoms with E-state index in [0.29, 0.717) is 16.6 Å². The Kier molecular flexibility index (Phi) is 4.19. The summed E-state index contributed by atoms with van der Waals surface area (Å²) in [5, 5.41) is 3.80. The van der Waals surface area contributed by atoms with Crippen molar-refractivity contribution in [2.45, 2.75) is 18.7 Å². The van der Waals surface area contributed by atoms with E-state index in [1.807, 2.05) is 60.4 Å². The third kappa shape index (κ3) is 2.53. The molecule has 2 aliphatic rings. The van der Waals surface area contributed by atoms with Gasteiger partial charge in [0.2, 0.25) is 5.72 Å². The summed E-state index contributed by atoms with van der Waals surface area (Å²) >= 11 is 5.65. The van der Waals surface area contributed by atoms with Crippen molar-refractivity contribution in [2.75, 3.05) is 19.1 Å². The molecule has 2 heterocycles. The van der Waals surface area contributed by atoms with Gasteiger partial charge in [-0.25, -0.2) is 0 Å². The van der Waals surface area contributed by atoms with Gasteiger partial charge in [0.05, 0.1) is 20.3 Å². The molecule has 1 saturated heterocycles. The Morgan fingerprint density at radius 3 is 2.59 bits per heavy atom. The third-order valence-corrected chi connectivity index (χ3v) is 5.48. The zero-order valence-corrected chi connectivity index (χ0v) is 16.1. The number of hydrogen-bond donors (Lipinski definition) is 1. The number of rotatable bonds is 3. The lowest BCUT2D eigenvalue weighted by Crippen LogP contribution is -2.71. The minimum atomic E-state index is -1.08. The van der Waals surface area contributed by atoms with Crippen LogP contribution >= 0.6 is 12.2 Å². The number of carbonyl (C=O) groups is 1. The first kappa shape index (κ1) is 17.6. The Morgan fingerprint density at radius 2 is 1.93 bits per heavy atom. The van der Waals surface area contributed by atoms with Crippen LogP contribution in [0.3, 0.4) is 0 Å². The van der Waals surface area contributed by atoms with Crippen LogP contribution in [0.15, 0.2) is 48.5 Å². The second kappa shape index (κ2) is 6.42. The third-order valence-electron chi connectivity index (χ3n) is 5.18. The number of ether oxygens (including phenoxy) is 3. The fraction of sp³-hybridized carbons (Fsp3) is 0.300. The topological polar surface area (TPSA) is 60.0 Å². The van der Waals surface area contributed by atoms with Gasteiger partial charge in [0.1, 0.15) is 5.92 Å². The van der Waals surface area contributed by atoms with E-state index in [2.05, 4.69) is 5.32 Å². The normalized spacial score (nSPS) is 25.7. The maximum absolute atomic E-state index is 12.8. The Hall–Kier alpha value is -2.80. The fourth-order valence-electron chi connectivity index (χ4n) is 3.98. The molecule has 0 aliphatic carbocycles. The largest absolute Gasteiger partial charge is 0.493 e. The molecule has 27 heavy (non-hydrogen) atoms. The highest BCUT2D eigenvalue weighted by Gasteiger charge is 2.60. The number of carbonyl (C=O) groups excluding carboxylic acids is 1. The van der Waals surface area contributed by atoms with E-state index in [9.17, 15) is 4.79 Å². The molecule has 140 valence electrons. The zero-order chi connectivity index (χ0) is 19.2. The molecular formula is C20H20N2O4S. The van der Waals surface area contributed by atoms with E-state index < -0.39 is 11.6 Å². The first-order valence-corrected chi connectivity index (χ1v) is 9.01. The van der Waals surface area contributed by atoms with Gasteiger partial charge in [0, 0.05) is 11.3 Å². The molecule has 2 aromatic rings. The van der Waals surface area contributed by atoms with Gasteiger partial charge in [-0.2, -0.15) is 0 Å². The van der Waals surface area contributed by atoms with Gasteiger partial charge in [-0.1, -0.05) is 30.3 Å². The average molecular weight is 384 g/mol. The summed E-state index contributed by atoms with van der Waals surface area (Å²) in [6, 6.07) is 14.8. The number of methoxy groups -OCH3 is 2. The number of benzene rings is 2. The molecule has 4 rings (SSSR count). The minimum Gasteiger partial charge on any atom is -0.493 e. The van der Waals surface area contributed by atoms with Crippen LogP contribution in [-0.2, 0) is 9.53 Å². The molecule has 3 atom stereocenters. The number of hydrogen-bond acceptors (Lipinski definition) is 5. The van der Waals surface area contributed by atoms with E-state index in [0.717, 1.165) is 11.3 Å². The van der Waals surface area contributed by atoms with Gasteiger partial charge in [0.25, 0.3) is 0 Å². The van der Waals surface area contributed by atoms with Crippen molar-refractivity contribution in [1.82, 2.24) is 5.32 Å². The second-order valence-electron chi connectivity index (χ2n) is 6.63. The van der Waals surface area contributed by atoms with Crippen LogP contribution in [0, 0.1) is 5.92 Å². The summed E-state index contributed by atoms with van der Waals surface area (Å²) in [7, 11) is 2.98. The predicted molar refractivity (Wildman–Crippen MR) is 105 cm³/mol. The summed E-state index contributed by atoms with van der Waals surface area (Å²) in [5.41, 5.74) is 0.559. The minimum absolute atomic E-state index is 0.369. The number of nitrogens with one attached hydrogen (secondary N) is 1. The van der Waals surface area contributed by atoms with Gasteiger partial charge >= 0.3 is 5.97 Å². The smallest absolute Gasteiger partial charge is 0.317 e. The second-order valence-corrected chi connectivity index (χ2v) is 7.02. The number of para-hydroxylation sites is 2.